The molecular weight excluding hydrogens is 444 g/mol. The Hall–Kier alpha value is -2.19. The Morgan fingerprint density at radius 3 is 2.41 bits per heavy atom. The van der Waals surface area contributed by atoms with E-state index in [4.69, 9.17) is 4.74 Å². The highest BCUT2D eigenvalue weighted by Crippen LogP contribution is 2.28. The van der Waals surface area contributed by atoms with Crippen molar-refractivity contribution in [2.45, 2.75) is 49.2 Å². The zero-order chi connectivity index (χ0) is 22.8. The molecule has 1 aliphatic rings. The van der Waals surface area contributed by atoms with Crippen LogP contribution in [0.15, 0.2) is 59.5 Å². The van der Waals surface area contributed by atoms with Crippen molar-refractivity contribution in [3.8, 4) is 5.75 Å². The van der Waals surface area contributed by atoms with Gasteiger partial charge in [-0.05, 0) is 56.2 Å². The van der Waals surface area contributed by atoms with E-state index in [1.807, 2.05) is 18.7 Å². The summed E-state index contributed by atoms with van der Waals surface area (Å²) in [6, 6.07) is 14.9. The maximum absolute atomic E-state index is 13.3. The summed E-state index contributed by atoms with van der Waals surface area (Å²) in [7, 11) is -3.90. The molecule has 0 heterocycles. The monoisotopic (exact) mass is 476 g/mol. The van der Waals surface area contributed by atoms with Crippen molar-refractivity contribution in [2.24, 2.45) is 0 Å². The summed E-state index contributed by atoms with van der Waals surface area (Å²) in [6.07, 6.45) is 6.40. The van der Waals surface area contributed by atoms with Crippen LogP contribution in [0.5, 0.6) is 5.75 Å². The number of nitrogens with one attached hydrogen (secondary N) is 1. The number of rotatable bonds is 11. The summed E-state index contributed by atoms with van der Waals surface area (Å²) in [5, 5.41) is 3.57. The van der Waals surface area contributed by atoms with Crippen LogP contribution in [0.25, 0.3) is 0 Å². The minimum atomic E-state index is -3.90. The molecule has 0 aliphatic heterocycles. The second-order valence-corrected chi connectivity index (χ2v) is 11.0. The summed E-state index contributed by atoms with van der Waals surface area (Å²) in [5.41, 5.74) is 0.420. The number of carbonyl (C=O) groups excluding carboxylic acids is 1. The first-order valence-electron chi connectivity index (χ1n) is 11.2. The Morgan fingerprint density at radius 1 is 1.06 bits per heavy atom. The van der Waals surface area contributed by atoms with Crippen LogP contribution in [0.1, 0.15) is 39.0 Å². The molecule has 174 valence electrons. The first-order valence-corrected chi connectivity index (χ1v) is 13.7. The Labute approximate surface area is 195 Å². The molecule has 8 heteroatoms. The van der Waals surface area contributed by atoms with Crippen molar-refractivity contribution >= 4 is 33.4 Å². The van der Waals surface area contributed by atoms with Gasteiger partial charge < -0.3 is 10.1 Å². The molecule has 2 aromatic carbocycles. The lowest BCUT2D eigenvalue weighted by Gasteiger charge is -2.24. The van der Waals surface area contributed by atoms with Gasteiger partial charge in [0.25, 0.3) is 10.0 Å². The van der Waals surface area contributed by atoms with Crippen molar-refractivity contribution in [1.29, 1.82) is 0 Å². The molecule has 0 aromatic heterocycles. The molecule has 1 amide bonds. The van der Waals surface area contributed by atoms with Gasteiger partial charge in [0.05, 0.1) is 17.2 Å². The van der Waals surface area contributed by atoms with Gasteiger partial charge in [0.1, 0.15) is 12.3 Å². The van der Waals surface area contributed by atoms with Crippen LogP contribution in [0.4, 0.5) is 5.69 Å². The molecule has 0 saturated heterocycles. The lowest BCUT2D eigenvalue weighted by Crippen LogP contribution is -2.41. The van der Waals surface area contributed by atoms with E-state index < -0.39 is 10.0 Å². The van der Waals surface area contributed by atoms with E-state index in [-0.39, 0.29) is 17.3 Å². The summed E-state index contributed by atoms with van der Waals surface area (Å²) in [5.74, 6) is 1.17. The maximum Gasteiger partial charge on any atom is 0.264 e. The number of anilines is 1. The molecule has 1 aliphatic carbocycles. The fourth-order valence-electron chi connectivity index (χ4n) is 3.74. The van der Waals surface area contributed by atoms with Crippen molar-refractivity contribution in [3.63, 3.8) is 0 Å². The molecule has 6 nitrogen and oxygen atoms in total. The standard InChI is InChI=1S/C24H32N2O4S2/c1-2-30-21-15-13-20(14-16-21)26(32(28,29)23-11-7-4-8-12-23)19-24(27)25-17-18-31-22-9-5-3-6-10-22/h4,7-8,11-16,22H,2-3,5-6,9-10,17-19H2,1H3,(H,25,27). The molecule has 0 atom stereocenters. The second-order valence-electron chi connectivity index (χ2n) is 7.73. The predicted molar refractivity (Wildman–Crippen MR) is 131 cm³/mol. The minimum Gasteiger partial charge on any atom is -0.494 e. The molecule has 1 fully saturated rings. The Balaban J connectivity index is 1.67. The van der Waals surface area contributed by atoms with E-state index in [1.54, 1.807) is 42.5 Å². The zero-order valence-corrected chi connectivity index (χ0v) is 20.2. The number of hydrogen-bond acceptors (Lipinski definition) is 5. The fraction of sp³-hybridized carbons (Fsp3) is 0.458. The van der Waals surface area contributed by atoms with E-state index in [2.05, 4.69) is 5.32 Å². The summed E-state index contributed by atoms with van der Waals surface area (Å²) < 4.78 is 33.3. The SMILES string of the molecule is CCOc1ccc(N(CC(=O)NCCSC2CCCCC2)S(=O)(=O)c2ccccc2)cc1. The molecule has 1 saturated carbocycles. The van der Waals surface area contributed by atoms with E-state index in [0.29, 0.717) is 29.8 Å². The third kappa shape index (κ3) is 6.90. The Morgan fingerprint density at radius 2 is 1.75 bits per heavy atom. The quantitative estimate of drug-likeness (QED) is 0.485. The molecule has 1 N–H and O–H groups in total. The lowest BCUT2D eigenvalue weighted by molar-refractivity contribution is -0.119. The molecule has 0 radical (unpaired) electrons. The van der Waals surface area contributed by atoms with E-state index in [1.165, 1.54) is 44.2 Å². The topological polar surface area (TPSA) is 75.7 Å². The first-order chi connectivity index (χ1) is 15.5. The summed E-state index contributed by atoms with van der Waals surface area (Å²) in [4.78, 5) is 12.8. The van der Waals surface area contributed by atoms with Crippen LogP contribution < -0.4 is 14.4 Å². The smallest absolute Gasteiger partial charge is 0.264 e. The second kappa shape index (κ2) is 12.2. The molecule has 3 rings (SSSR count). The number of hydrogen-bond donors (Lipinski definition) is 1. The first kappa shape index (κ1) is 24.5. The van der Waals surface area contributed by atoms with Gasteiger partial charge >= 0.3 is 0 Å². The largest absolute Gasteiger partial charge is 0.494 e. The third-order valence-corrected chi connectivity index (χ3v) is 8.55. The minimum absolute atomic E-state index is 0.148. The Kier molecular flexibility index (Phi) is 9.29. The highest BCUT2D eigenvalue weighted by atomic mass is 32.2. The lowest BCUT2D eigenvalue weighted by atomic mass is 10.0. The molecule has 0 bridgehead atoms. The van der Waals surface area contributed by atoms with E-state index in [0.717, 1.165) is 10.1 Å². The number of benzene rings is 2. The van der Waals surface area contributed by atoms with Crippen molar-refractivity contribution < 1.29 is 17.9 Å². The van der Waals surface area contributed by atoms with Crippen LogP contribution in [0, 0.1) is 0 Å². The van der Waals surface area contributed by atoms with Gasteiger partial charge in [-0.3, -0.25) is 9.10 Å². The van der Waals surface area contributed by atoms with Crippen LogP contribution in [-0.2, 0) is 14.8 Å². The maximum atomic E-state index is 13.3. The number of amides is 1. The summed E-state index contributed by atoms with van der Waals surface area (Å²) in [6.45, 7) is 2.66. The van der Waals surface area contributed by atoms with Gasteiger partial charge in [-0.2, -0.15) is 11.8 Å². The highest BCUT2D eigenvalue weighted by molar-refractivity contribution is 7.99. The fourth-order valence-corrected chi connectivity index (χ4v) is 6.41. The zero-order valence-electron chi connectivity index (χ0n) is 18.5. The van der Waals surface area contributed by atoms with E-state index in [9.17, 15) is 13.2 Å². The van der Waals surface area contributed by atoms with Crippen LogP contribution >= 0.6 is 11.8 Å². The van der Waals surface area contributed by atoms with Gasteiger partial charge in [-0.15, -0.1) is 0 Å². The molecular formula is C24H32N2O4S2. The number of carbonyl (C=O) groups is 1. The van der Waals surface area contributed by atoms with Crippen LogP contribution in [-0.4, -0.2) is 45.0 Å². The molecule has 2 aromatic rings. The third-order valence-electron chi connectivity index (χ3n) is 5.38. The van der Waals surface area contributed by atoms with Crippen LogP contribution in [0.3, 0.4) is 0 Å². The molecule has 0 unspecified atom stereocenters. The van der Waals surface area contributed by atoms with Crippen LogP contribution in [0.2, 0.25) is 0 Å². The number of nitrogens with zero attached hydrogens (tertiary/aromatic N) is 1. The number of sulfonamides is 1. The van der Waals surface area contributed by atoms with Gasteiger partial charge in [-0.25, -0.2) is 8.42 Å². The van der Waals surface area contributed by atoms with Crippen molar-refractivity contribution in [1.82, 2.24) is 5.32 Å². The normalized spacial score (nSPS) is 14.7. The van der Waals surface area contributed by atoms with Gasteiger partial charge in [0.15, 0.2) is 0 Å². The number of ether oxygens (including phenoxy) is 1. The van der Waals surface area contributed by atoms with Crippen molar-refractivity contribution in [2.75, 3.05) is 29.8 Å². The van der Waals surface area contributed by atoms with Gasteiger partial charge in [0.2, 0.25) is 5.91 Å². The average Bonchev–Trinajstić information content (AvgIpc) is 2.82. The van der Waals surface area contributed by atoms with Crippen molar-refractivity contribution in [3.05, 3.63) is 54.6 Å². The molecule has 32 heavy (non-hydrogen) atoms. The average molecular weight is 477 g/mol. The van der Waals surface area contributed by atoms with E-state index >= 15 is 0 Å². The summed E-state index contributed by atoms with van der Waals surface area (Å²) >= 11 is 1.90. The number of thioether (sulfide) groups is 1. The predicted octanol–water partition coefficient (Wildman–Crippen LogP) is 4.46. The Bertz CT molecular complexity index is 944. The molecule has 0 spiro atoms. The highest BCUT2D eigenvalue weighted by Gasteiger charge is 2.27. The van der Waals surface area contributed by atoms with Gasteiger partial charge in [0, 0.05) is 17.5 Å². The van der Waals surface area contributed by atoms with Gasteiger partial charge in [-0.1, -0.05) is 37.5 Å².